The van der Waals surface area contributed by atoms with Crippen LogP contribution in [0, 0.1) is 5.92 Å². The molecule has 2 rings (SSSR count). The Morgan fingerprint density at radius 3 is 2.82 bits per heavy atom. The lowest BCUT2D eigenvalue weighted by atomic mass is 9.85. The minimum absolute atomic E-state index is 0.190. The van der Waals surface area contributed by atoms with Crippen molar-refractivity contribution in [1.29, 1.82) is 0 Å². The van der Waals surface area contributed by atoms with Crippen LogP contribution in [0.2, 0.25) is 0 Å². The molecule has 0 bridgehead atoms. The largest absolute Gasteiger partial charge is 0.481 e. The number of aromatic nitrogens is 2. The molecule has 1 heterocycles. The van der Waals surface area contributed by atoms with E-state index >= 15 is 0 Å². The van der Waals surface area contributed by atoms with Crippen LogP contribution in [0.25, 0.3) is 0 Å². The quantitative estimate of drug-likeness (QED) is 0.774. The van der Waals surface area contributed by atoms with Gasteiger partial charge in [0.2, 0.25) is 5.88 Å². The Balaban J connectivity index is 1.94. The van der Waals surface area contributed by atoms with Crippen molar-refractivity contribution < 1.29 is 4.74 Å². The number of nitrogens with zero attached hydrogens (tertiary/aromatic N) is 2. The van der Waals surface area contributed by atoms with Crippen LogP contribution in [-0.4, -0.2) is 22.5 Å². The van der Waals surface area contributed by atoms with Gasteiger partial charge in [0.25, 0.3) is 0 Å². The lowest BCUT2D eigenvalue weighted by molar-refractivity contribution is 0.342. The standard InChI is InChI=1S/C13H19ClN2O/c1-17-13-8-11(15-9-16-13)7-12(14)10-5-3-2-4-6-10/h8-10,12H,2-7H2,1H3. The zero-order valence-corrected chi connectivity index (χ0v) is 11.0. The average molecular weight is 255 g/mol. The van der Waals surface area contributed by atoms with Gasteiger partial charge in [-0.15, -0.1) is 11.6 Å². The third-order valence-corrected chi connectivity index (χ3v) is 3.98. The molecule has 1 aromatic rings. The van der Waals surface area contributed by atoms with Crippen molar-refractivity contribution in [2.45, 2.75) is 43.9 Å². The molecule has 1 unspecified atom stereocenters. The summed E-state index contributed by atoms with van der Waals surface area (Å²) in [6.07, 6.45) is 8.87. The summed E-state index contributed by atoms with van der Waals surface area (Å²) in [5.74, 6) is 1.26. The van der Waals surface area contributed by atoms with Gasteiger partial charge >= 0.3 is 0 Å². The van der Waals surface area contributed by atoms with Crippen molar-refractivity contribution in [3.8, 4) is 5.88 Å². The second-order valence-electron chi connectivity index (χ2n) is 4.67. The van der Waals surface area contributed by atoms with Crippen molar-refractivity contribution in [2.75, 3.05) is 7.11 Å². The minimum atomic E-state index is 0.190. The van der Waals surface area contributed by atoms with Gasteiger partial charge in [-0.2, -0.15) is 0 Å². The van der Waals surface area contributed by atoms with Crippen LogP contribution in [0.4, 0.5) is 0 Å². The maximum absolute atomic E-state index is 6.49. The predicted octanol–water partition coefficient (Wildman–Crippen LogP) is 3.22. The topological polar surface area (TPSA) is 35.0 Å². The average Bonchev–Trinajstić information content (AvgIpc) is 2.40. The number of hydrogen-bond donors (Lipinski definition) is 0. The van der Waals surface area contributed by atoms with E-state index in [4.69, 9.17) is 16.3 Å². The van der Waals surface area contributed by atoms with Gasteiger partial charge in [0, 0.05) is 23.6 Å². The molecule has 0 N–H and O–H groups in total. The van der Waals surface area contributed by atoms with Gasteiger partial charge in [0.1, 0.15) is 6.33 Å². The first-order valence-corrected chi connectivity index (χ1v) is 6.72. The third kappa shape index (κ3) is 3.56. The molecule has 1 aliphatic carbocycles. The van der Waals surface area contributed by atoms with Gasteiger partial charge in [-0.25, -0.2) is 9.97 Å². The molecule has 1 aliphatic rings. The fraction of sp³-hybridized carbons (Fsp3) is 0.692. The van der Waals surface area contributed by atoms with Crippen molar-refractivity contribution in [2.24, 2.45) is 5.92 Å². The lowest BCUT2D eigenvalue weighted by Gasteiger charge is -2.25. The summed E-state index contributed by atoms with van der Waals surface area (Å²) in [6, 6.07) is 1.87. The summed E-state index contributed by atoms with van der Waals surface area (Å²) in [7, 11) is 1.62. The number of ether oxygens (including phenoxy) is 1. The summed E-state index contributed by atoms with van der Waals surface area (Å²) in [6.45, 7) is 0. The molecule has 0 aromatic carbocycles. The fourth-order valence-electron chi connectivity index (χ4n) is 2.46. The lowest BCUT2D eigenvalue weighted by Crippen LogP contribution is -2.20. The van der Waals surface area contributed by atoms with Crippen LogP contribution in [-0.2, 0) is 6.42 Å². The Morgan fingerprint density at radius 2 is 2.12 bits per heavy atom. The van der Waals surface area contributed by atoms with Gasteiger partial charge in [0.05, 0.1) is 7.11 Å². The monoisotopic (exact) mass is 254 g/mol. The van der Waals surface area contributed by atoms with E-state index in [0.29, 0.717) is 11.8 Å². The maximum Gasteiger partial charge on any atom is 0.216 e. The molecular formula is C13H19ClN2O. The van der Waals surface area contributed by atoms with E-state index in [9.17, 15) is 0 Å². The molecule has 0 spiro atoms. The van der Waals surface area contributed by atoms with Crippen molar-refractivity contribution in [1.82, 2.24) is 9.97 Å². The van der Waals surface area contributed by atoms with E-state index in [2.05, 4.69) is 9.97 Å². The summed E-state index contributed by atoms with van der Waals surface area (Å²) in [5.41, 5.74) is 0.974. The van der Waals surface area contributed by atoms with E-state index < -0.39 is 0 Å². The number of rotatable bonds is 4. The van der Waals surface area contributed by atoms with Crippen LogP contribution >= 0.6 is 11.6 Å². The second-order valence-corrected chi connectivity index (χ2v) is 5.23. The Bertz CT molecular complexity index is 353. The predicted molar refractivity (Wildman–Crippen MR) is 68.5 cm³/mol. The minimum Gasteiger partial charge on any atom is -0.481 e. The smallest absolute Gasteiger partial charge is 0.216 e. The highest BCUT2D eigenvalue weighted by Gasteiger charge is 2.22. The molecule has 17 heavy (non-hydrogen) atoms. The van der Waals surface area contributed by atoms with Gasteiger partial charge in [-0.05, 0) is 18.8 Å². The molecular weight excluding hydrogens is 236 g/mol. The molecule has 3 nitrogen and oxygen atoms in total. The third-order valence-electron chi connectivity index (χ3n) is 3.47. The van der Waals surface area contributed by atoms with E-state index in [-0.39, 0.29) is 5.38 Å². The van der Waals surface area contributed by atoms with Gasteiger partial charge < -0.3 is 4.74 Å². The second kappa shape index (κ2) is 6.20. The first-order chi connectivity index (χ1) is 8.29. The molecule has 1 saturated carbocycles. The molecule has 0 radical (unpaired) electrons. The highest BCUT2D eigenvalue weighted by atomic mass is 35.5. The first kappa shape index (κ1) is 12.6. The van der Waals surface area contributed by atoms with Crippen LogP contribution in [0.5, 0.6) is 5.88 Å². The zero-order chi connectivity index (χ0) is 12.1. The number of halogens is 1. The van der Waals surface area contributed by atoms with E-state index in [0.717, 1.165) is 12.1 Å². The van der Waals surface area contributed by atoms with Crippen LogP contribution in [0.3, 0.4) is 0 Å². The van der Waals surface area contributed by atoms with E-state index in [1.165, 1.54) is 32.1 Å². The maximum atomic E-state index is 6.49. The Morgan fingerprint density at radius 1 is 1.35 bits per heavy atom. The fourth-order valence-corrected chi connectivity index (χ4v) is 2.87. The van der Waals surface area contributed by atoms with Crippen molar-refractivity contribution >= 4 is 11.6 Å². The van der Waals surface area contributed by atoms with Crippen LogP contribution in [0.1, 0.15) is 37.8 Å². The summed E-state index contributed by atoms with van der Waals surface area (Å²) < 4.78 is 5.09. The Hall–Kier alpha value is -0.830. The number of alkyl halides is 1. The van der Waals surface area contributed by atoms with Crippen molar-refractivity contribution in [3.05, 3.63) is 18.1 Å². The highest BCUT2D eigenvalue weighted by molar-refractivity contribution is 6.20. The van der Waals surface area contributed by atoms with Gasteiger partial charge in [-0.3, -0.25) is 0 Å². The summed E-state index contributed by atoms with van der Waals surface area (Å²) in [4.78, 5) is 8.25. The van der Waals surface area contributed by atoms with E-state index in [1.807, 2.05) is 6.07 Å². The van der Waals surface area contributed by atoms with Crippen LogP contribution in [0.15, 0.2) is 12.4 Å². The Labute approximate surface area is 108 Å². The zero-order valence-electron chi connectivity index (χ0n) is 10.2. The van der Waals surface area contributed by atoms with E-state index in [1.54, 1.807) is 13.4 Å². The molecule has 4 heteroatoms. The van der Waals surface area contributed by atoms with Crippen LogP contribution < -0.4 is 4.74 Å². The first-order valence-electron chi connectivity index (χ1n) is 6.28. The number of hydrogen-bond acceptors (Lipinski definition) is 3. The summed E-state index contributed by atoms with van der Waals surface area (Å²) in [5, 5.41) is 0.190. The molecule has 94 valence electrons. The molecule has 0 aliphatic heterocycles. The Kier molecular flexibility index (Phi) is 4.60. The highest BCUT2D eigenvalue weighted by Crippen LogP contribution is 2.30. The number of methoxy groups -OCH3 is 1. The molecule has 1 fully saturated rings. The van der Waals surface area contributed by atoms with Gasteiger partial charge in [0.15, 0.2) is 0 Å². The molecule has 1 atom stereocenters. The molecule has 1 aromatic heterocycles. The SMILES string of the molecule is COc1cc(CC(Cl)C2CCCCC2)ncn1. The van der Waals surface area contributed by atoms with Gasteiger partial charge in [-0.1, -0.05) is 19.3 Å². The molecule has 0 amide bonds. The summed E-state index contributed by atoms with van der Waals surface area (Å²) >= 11 is 6.49. The van der Waals surface area contributed by atoms with Crippen molar-refractivity contribution in [3.63, 3.8) is 0 Å². The molecule has 0 saturated heterocycles. The normalized spacial score (nSPS) is 18.9.